The lowest BCUT2D eigenvalue weighted by Gasteiger charge is -2.45. The van der Waals surface area contributed by atoms with Crippen molar-refractivity contribution < 1.29 is 14.6 Å². The van der Waals surface area contributed by atoms with Crippen molar-refractivity contribution in [3.63, 3.8) is 0 Å². The number of aromatic nitrogens is 1. The zero-order chi connectivity index (χ0) is 22.9. The highest BCUT2D eigenvalue weighted by molar-refractivity contribution is 5.95. The van der Waals surface area contributed by atoms with Gasteiger partial charge in [0.25, 0.3) is 0 Å². The monoisotopic (exact) mass is 435 g/mol. The van der Waals surface area contributed by atoms with Crippen molar-refractivity contribution in [3.8, 4) is 11.3 Å². The summed E-state index contributed by atoms with van der Waals surface area (Å²) in [6, 6.07) is 17.0. The molecular weight excluding hydrogens is 402 g/mol. The second kappa shape index (κ2) is 8.87. The molecule has 4 rings (SSSR count). The quantitative estimate of drug-likeness (QED) is 0.463. The molecule has 0 radical (unpaired) electrons. The van der Waals surface area contributed by atoms with Gasteiger partial charge in [0, 0.05) is 36.8 Å². The molecule has 0 saturated carbocycles. The molecule has 2 unspecified atom stereocenters. The molecule has 1 aromatic heterocycles. The zero-order valence-electron chi connectivity index (χ0n) is 19.3. The van der Waals surface area contributed by atoms with Crippen LogP contribution in [-0.2, 0) is 11.3 Å². The number of piperidine rings is 1. The molecule has 32 heavy (non-hydrogen) atoms. The molecule has 0 spiro atoms. The Morgan fingerprint density at radius 1 is 1.22 bits per heavy atom. The number of fused-ring (bicyclic) bond motifs is 1. The van der Waals surface area contributed by atoms with E-state index in [0.717, 1.165) is 46.3 Å². The fourth-order valence-corrected chi connectivity index (χ4v) is 4.81. The van der Waals surface area contributed by atoms with Gasteiger partial charge < -0.3 is 25.0 Å². The van der Waals surface area contributed by atoms with E-state index in [1.165, 1.54) is 0 Å². The van der Waals surface area contributed by atoms with Crippen LogP contribution < -0.4 is 5.32 Å². The lowest BCUT2D eigenvalue weighted by molar-refractivity contribution is 0.0558. The van der Waals surface area contributed by atoms with E-state index in [9.17, 15) is 9.90 Å². The number of hydrogen-bond acceptors (Lipinski definition) is 3. The number of ether oxygens (including phenoxy) is 1. The van der Waals surface area contributed by atoms with Crippen LogP contribution in [0.4, 0.5) is 10.5 Å². The second-order valence-electron chi connectivity index (χ2n) is 9.81. The number of hydrogen-bond donors (Lipinski definition) is 3. The molecule has 6 heteroatoms. The Morgan fingerprint density at radius 2 is 1.97 bits per heavy atom. The van der Waals surface area contributed by atoms with E-state index in [4.69, 9.17) is 4.74 Å². The normalized spacial score (nSPS) is 19.3. The molecule has 2 heterocycles. The van der Waals surface area contributed by atoms with Crippen LogP contribution in [0, 0.1) is 5.41 Å². The Balaban J connectivity index is 1.67. The Bertz CT molecular complexity index is 1080. The standard InChI is InChI=1S/C26H33N3O3/c1-26(2,3)23-15-20(10-11-29(23)25(30)31)27-22-13-17(16-32-4)12-19-14-21(28-24(19)22)18-8-6-5-7-9-18/h5-9,12-14,20,23,27-28H,10-11,15-16H2,1-4H3,(H,30,31). The van der Waals surface area contributed by atoms with E-state index in [0.29, 0.717) is 13.2 Å². The number of aromatic amines is 1. The molecule has 0 aliphatic carbocycles. The summed E-state index contributed by atoms with van der Waals surface area (Å²) in [5.41, 5.74) is 5.31. The van der Waals surface area contributed by atoms with Gasteiger partial charge in [0.1, 0.15) is 0 Å². The van der Waals surface area contributed by atoms with E-state index in [1.807, 2.05) is 18.2 Å². The first-order valence-electron chi connectivity index (χ1n) is 11.2. The number of nitrogens with zero attached hydrogens (tertiary/aromatic N) is 1. The summed E-state index contributed by atoms with van der Waals surface area (Å²) in [6.07, 6.45) is 0.726. The van der Waals surface area contributed by atoms with Gasteiger partial charge in [-0.25, -0.2) is 4.79 Å². The van der Waals surface area contributed by atoms with Crippen LogP contribution in [0.25, 0.3) is 22.2 Å². The third-order valence-corrected chi connectivity index (χ3v) is 6.39. The highest BCUT2D eigenvalue weighted by atomic mass is 16.5. The number of benzene rings is 2. The maximum absolute atomic E-state index is 11.8. The molecule has 2 aromatic carbocycles. The van der Waals surface area contributed by atoms with Gasteiger partial charge in [-0.05, 0) is 47.6 Å². The van der Waals surface area contributed by atoms with Crippen molar-refractivity contribution in [1.29, 1.82) is 0 Å². The minimum absolute atomic E-state index is 0.0348. The van der Waals surface area contributed by atoms with Crippen molar-refractivity contribution in [1.82, 2.24) is 9.88 Å². The number of methoxy groups -OCH3 is 1. The van der Waals surface area contributed by atoms with Crippen molar-refractivity contribution >= 4 is 22.7 Å². The summed E-state index contributed by atoms with van der Waals surface area (Å²) in [7, 11) is 1.71. The largest absolute Gasteiger partial charge is 0.465 e. The van der Waals surface area contributed by atoms with E-state index in [1.54, 1.807) is 12.0 Å². The lowest BCUT2D eigenvalue weighted by atomic mass is 9.79. The maximum atomic E-state index is 11.8. The summed E-state index contributed by atoms with van der Waals surface area (Å²) < 4.78 is 5.41. The van der Waals surface area contributed by atoms with Crippen LogP contribution in [0.1, 0.15) is 39.2 Å². The molecule has 2 atom stereocenters. The summed E-state index contributed by atoms with van der Waals surface area (Å²) in [5, 5.41) is 14.6. The predicted molar refractivity (Wildman–Crippen MR) is 129 cm³/mol. The molecule has 6 nitrogen and oxygen atoms in total. The number of amides is 1. The number of H-pyrrole nitrogens is 1. The molecular formula is C26H33N3O3. The van der Waals surface area contributed by atoms with Gasteiger partial charge in [0.05, 0.1) is 17.8 Å². The molecule has 1 aliphatic rings. The molecule has 170 valence electrons. The lowest BCUT2D eigenvalue weighted by Crippen LogP contribution is -2.54. The van der Waals surface area contributed by atoms with Gasteiger partial charge >= 0.3 is 6.09 Å². The fourth-order valence-electron chi connectivity index (χ4n) is 4.81. The molecule has 0 bridgehead atoms. The van der Waals surface area contributed by atoms with Crippen LogP contribution in [0.2, 0.25) is 0 Å². The van der Waals surface area contributed by atoms with Crippen LogP contribution in [0.5, 0.6) is 0 Å². The molecule has 3 aromatic rings. The zero-order valence-corrected chi connectivity index (χ0v) is 19.3. The summed E-state index contributed by atoms with van der Waals surface area (Å²) in [4.78, 5) is 17.0. The minimum Gasteiger partial charge on any atom is -0.465 e. The first-order valence-corrected chi connectivity index (χ1v) is 11.2. The van der Waals surface area contributed by atoms with Crippen LogP contribution in [0.3, 0.4) is 0 Å². The van der Waals surface area contributed by atoms with Crippen molar-refractivity contribution in [2.24, 2.45) is 5.41 Å². The van der Waals surface area contributed by atoms with Gasteiger partial charge in [0.2, 0.25) is 0 Å². The van der Waals surface area contributed by atoms with Gasteiger partial charge in [-0.1, -0.05) is 51.1 Å². The highest BCUT2D eigenvalue weighted by Gasteiger charge is 2.38. The van der Waals surface area contributed by atoms with Crippen LogP contribution in [0.15, 0.2) is 48.5 Å². The molecule has 1 saturated heterocycles. The van der Waals surface area contributed by atoms with E-state index in [2.05, 4.69) is 61.4 Å². The van der Waals surface area contributed by atoms with Crippen LogP contribution >= 0.6 is 0 Å². The fraction of sp³-hybridized carbons (Fsp3) is 0.423. The minimum atomic E-state index is -0.829. The number of carbonyl (C=O) groups is 1. The van der Waals surface area contributed by atoms with Gasteiger partial charge in [-0.15, -0.1) is 0 Å². The Hall–Kier alpha value is -2.99. The SMILES string of the molecule is COCc1cc(NC2CCN(C(=O)O)C(C(C)(C)C)C2)c2[nH]c(-c3ccccc3)cc2c1. The molecule has 1 amide bonds. The van der Waals surface area contributed by atoms with E-state index in [-0.39, 0.29) is 17.5 Å². The third-order valence-electron chi connectivity index (χ3n) is 6.39. The summed E-state index contributed by atoms with van der Waals surface area (Å²) in [5.74, 6) is 0. The van der Waals surface area contributed by atoms with E-state index >= 15 is 0 Å². The summed E-state index contributed by atoms with van der Waals surface area (Å²) in [6.45, 7) is 7.42. The smallest absolute Gasteiger partial charge is 0.407 e. The first kappa shape index (κ1) is 22.2. The van der Waals surface area contributed by atoms with Crippen molar-refractivity contribution in [3.05, 3.63) is 54.1 Å². The van der Waals surface area contributed by atoms with Gasteiger partial charge in [0.15, 0.2) is 0 Å². The highest BCUT2D eigenvalue weighted by Crippen LogP contribution is 2.35. The van der Waals surface area contributed by atoms with Gasteiger partial charge in [-0.3, -0.25) is 0 Å². The van der Waals surface area contributed by atoms with Crippen molar-refractivity contribution in [2.45, 2.75) is 52.3 Å². The number of likely N-dealkylation sites (tertiary alicyclic amines) is 1. The topological polar surface area (TPSA) is 77.6 Å². The molecule has 3 N–H and O–H groups in total. The van der Waals surface area contributed by atoms with E-state index < -0.39 is 6.09 Å². The Labute approximate surface area is 189 Å². The number of rotatable bonds is 5. The first-order chi connectivity index (χ1) is 15.3. The van der Waals surface area contributed by atoms with Gasteiger partial charge in [-0.2, -0.15) is 0 Å². The van der Waals surface area contributed by atoms with Crippen molar-refractivity contribution in [2.75, 3.05) is 19.0 Å². The third kappa shape index (κ3) is 4.60. The average Bonchev–Trinajstić information content (AvgIpc) is 3.18. The summed E-state index contributed by atoms with van der Waals surface area (Å²) >= 11 is 0. The molecule has 1 fully saturated rings. The number of nitrogens with one attached hydrogen (secondary N) is 2. The van der Waals surface area contributed by atoms with Crippen LogP contribution in [-0.4, -0.2) is 46.8 Å². The molecule has 1 aliphatic heterocycles. The average molecular weight is 436 g/mol. The Kier molecular flexibility index (Phi) is 6.15. The second-order valence-corrected chi connectivity index (χ2v) is 9.81. The number of carboxylic acid groups (broad SMARTS) is 1. The maximum Gasteiger partial charge on any atom is 0.407 e. The predicted octanol–water partition coefficient (Wildman–Crippen LogP) is 5.95. The number of anilines is 1. The Morgan fingerprint density at radius 3 is 2.62 bits per heavy atom.